The Balaban J connectivity index is 1.57. The van der Waals surface area contributed by atoms with Gasteiger partial charge in [0.2, 0.25) is 0 Å². The van der Waals surface area contributed by atoms with Crippen LogP contribution in [0.1, 0.15) is 10.4 Å². The van der Waals surface area contributed by atoms with E-state index in [0.717, 1.165) is 22.8 Å². The molecule has 24 heavy (non-hydrogen) atoms. The van der Waals surface area contributed by atoms with Crippen LogP contribution in [0, 0.1) is 0 Å². The fourth-order valence-electron chi connectivity index (χ4n) is 2.86. The zero-order valence-corrected chi connectivity index (χ0v) is 12.8. The van der Waals surface area contributed by atoms with E-state index in [1.165, 1.54) is 0 Å². The van der Waals surface area contributed by atoms with Crippen LogP contribution in [0.2, 0.25) is 0 Å². The number of nitrogens with zero attached hydrogens (tertiary/aromatic N) is 2. The second-order valence-electron chi connectivity index (χ2n) is 5.54. The maximum Gasteiger partial charge on any atom is 0.337 e. The number of carboxylic acid groups (broad SMARTS) is 1. The van der Waals surface area contributed by atoms with Crippen LogP contribution in [-0.4, -0.2) is 29.9 Å². The summed E-state index contributed by atoms with van der Waals surface area (Å²) < 4.78 is 5.74. The highest BCUT2D eigenvalue weighted by atomic mass is 16.5. The predicted molar refractivity (Wildman–Crippen MR) is 91.8 cm³/mol. The molecule has 2 aromatic rings. The maximum atomic E-state index is 11.2. The summed E-state index contributed by atoms with van der Waals surface area (Å²) in [6, 6.07) is 14.6. The zero-order valence-electron chi connectivity index (χ0n) is 12.8. The second-order valence-corrected chi connectivity index (χ2v) is 5.54. The van der Waals surface area contributed by atoms with Gasteiger partial charge in [-0.3, -0.25) is 5.43 Å². The van der Waals surface area contributed by atoms with Crippen molar-refractivity contribution in [2.45, 2.75) is 0 Å². The van der Waals surface area contributed by atoms with E-state index < -0.39 is 5.97 Å². The van der Waals surface area contributed by atoms with Gasteiger partial charge >= 0.3 is 5.97 Å². The van der Waals surface area contributed by atoms with Gasteiger partial charge in [-0.1, -0.05) is 24.3 Å². The fraction of sp³-hybridized carbons (Fsp3) is 0.111. The van der Waals surface area contributed by atoms with E-state index in [1.54, 1.807) is 24.3 Å². The Kier molecular flexibility index (Phi) is 3.42. The van der Waals surface area contributed by atoms with Crippen LogP contribution in [0.15, 0.2) is 65.4 Å². The lowest BCUT2D eigenvalue weighted by atomic mass is 10.2. The molecule has 0 radical (unpaired) electrons. The normalized spacial score (nSPS) is 16.9. The summed E-state index contributed by atoms with van der Waals surface area (Å²) in [7, 11) is 0. The molecule has 120 valence electrons. The van der Waals surface area contributed by atoms with Crippen molar-refractivity contribution in [3.05, 3.63) is 65.9 Å². The lowest BCUT2D eigenvalue weighted by Gasteiger charge is -2.29. The number of aromatic carboxylic acids is 1. The number of carbonyl (C=O) groups is 1. The predicted octanol–water partition coefficient (Wildman–Crippen LogP) is 2.95. The van der Waals surface area contributed by atoms with Crippen LogP contribution in [-0.2, 0) is 0 Å². The molecule has 0 aromatic heterocycles. The number of ether oxygens (including phenoxy) is 1. The van der Waals surface area contributed by atoms with Crippen molar-refractivity contribution in [2.24, 2.45) is 5.10 Å². The van der Waals surface area contributed by atoms with Crippen molar-refractivity contribution >= 4 is 23.1 Å². The van der Waals surface area contributed by atoms with E-state index in [0.29, 0.717) is 18.8 Å². The van der Waals surface area contributed by atoms with Crippen LogP contribution >= 0.6 is 0 Å². The summed E-state index contributed by atoms with van der Waals surface area (Å²) >= 11 is 0. The average Bonchev–Trinajstić information content (AvgIpc) is 3.03. The molecule has 2 aliphatic heterocycles. The first-order valence-corrected chi connectivity index (χ1v) is 7.57. The SMILES string of the molecule is O=C(O)c1ccccc1NN=C1C=C2COc3ccccc3N2C1. The van der Waals surface area contributed by atoms with E-state index in [9.17, 15) is 9.90 Å². The lowest BCUT2D eigenvalue weighted by molar-refractivity contribution is 0.0698. The number of anilines is 2. The lowest BCUT2D eigenvalue weighted by Crippen LogP contribution is -2.28. The summed E-state index contributed by atoms with van der Waals surface area (Å²) in [5.74, 6) is -0.122. The Morgan fingerprint density at radius 2 is 1.96 bits per heavy atom. The fourth-order valence-corrected chi connectivity index (χ4v) is 2.86. The van der Waals surface area contributed by atoms with Crippen molar-refractivity contribution in [2.75, 3.05) is 23.5 Å². The Morgan fingerprint density at radius 1 is 1.17 bits per heavy atom. The van der Waals surface area contributed by atoms with E-state index in [-0.39, 0.29) is 5.56 Å². The molecule has 0 bridgehead atoms. The molecule has 2 aliphatic rings. The molecule has 2 N–H and O–H groups in total. The largest absolute Gasteiger partial charge is 0.485 e. The zero-order chi connectivity index (χ0) is 16.5. The highest BCUT2D eigenvalue weighted by molar-refractivity contribution is 6.04. The van der Waals surface area contributed by atoms with Crippen molar-refractivity contribution in [1.29, 1.82) is 0 Å². The van der Waals surface area contributed by atoms with Crippen molar-refractivity contribution in [3.63, 3.8) is 0 Å². The Labute approximate surface area is 138 Å². The first kappa shape index (κ1) is 14.3. The van der Waals surface area contributed by atoms with Crippen molar-refractivity contribution in [3.8, 4) is 5.75 Å². The van der Waals surface area contributed by atoms with E-state index in [2.05, 4.69) is 15.4 Å². The number of carboxylic acids is 1. The first-order valence-electron chi connectivity index (χ1n) is 7.57. The second kappa shape index (κ2) is 5.73. The molecular weight excluding hydrogens is 306 g/mol. The van der Waals surface area contributed by atoms with Gasteiger partial charge in [-0.15, -0.1) is 0 Å². The minimum atomic E-state index is -0.983. The number of para-hydroxylation sites is 3. The molecule has 0 saturated carbocycles. The Morgan fingerprint density at radius 3 is 2.83 bits per heavy atom. The van der Waals surface area contributed by atoms with Crippen LogP contribution in [0.4, 0.5) is 11.4 Å². The Bertz CT molecular complexity index is 873. The first-order chi connectivity index (χ1) is 11.7. The van der Waals surface area contributed by atoms with Gasteiger partial charge in [0, 0.05) is 0 Å². The molecule has 6 nitrogen and oxygen atoms in total. The van der Waals surface area contributed by atoms with E-state index in [4.69, 9.17) is 4.74 Å². The van der Waals surface area contributed by atoms with Crippen LogP contribution in [0.25, 0.3) is 0 Å². The number of benzene rings is 2. The topological polar surface area (TPSA) is 74.2 Å². The number of hydrazone groups is 1. The monoisotopic (exact) mass is 321 g/mol. The van der Waals surface area contributed by atoms with E-state index in [1.807, 2.05) is 30.3 Å². The minimum absolute atomic E-state index is 0.193. The van der Waals surface area contributed by atoms with Gasteiger partial charge in [0.05, 0.1) is 34.9 Å². The number of fused-ring (bicyclic) bond motifs is 3. The third-order valence-electron chi connectivity index (χ3n) is 4.01. The standard InChI is InChI=1S/C18H15N3O3/c22-18(23)14-5-1-2-6-15(14)20-19-12-9-13-11-24-17-8-4-3-7-16(17)21(13)10-12/h1-9,20H,10-11H2,(H,22,23). The summed E-state index contributed by atoms with van der Waals surface area (Å²) in [5.41, 5.74) is 6.42. The molecule has 0 atom stereocenters. The third kappa shape index (κ3) is 2.48. The van der Waals surface area contributed by atoms with Gasteiger partial charge in [-0.2, -0.15) is 5.10 Å². The van der Waals surface area contributed by atoms with Crippen LogP contribution in [0.5, 0.6) is 5.75 Å². The summed E-state index contributed by atoms with van der Waals surface area (Å²) in [5, 5.41) is 13.6. The molecule has 0 amide bonds. The molecule has 6 heteroatoms. The molecule has 0 saturated heterocycles. The quantitative estimate of drug-likeness (QED) is 0.850. The van der Waals surface area contributed by atoms with Crippen molar-refractivity contribution in [1.82, 2.24) is 0 Å². The summed E-state index contributed by atoms with van der Waals surface area (Å²) in [4.78, 5) is 13.4. The Hall–Kier alpha value is -3.28. The van der Waals surface area contributed by atoms with Crippen LogP contribution < -0.4 is 15.1 Å². The maximum absolute atomic E-state index is 11.2. The van der Waals surface area contributed by atoms with Gasteiger partial charge in [-0.05, 0) is 30.3 Å². The van der Waals surface area contributed by atoms with Gasteiger partial charge in [0.15, 0.2) is 0 Å². The smallest absolute Gasteiger partial charge is 0.337 e. The minimum Gasteiger partial charge on any atom is -0.485 e. The molecule has 0 fully saturated rings. The van der Waals surface area contributed by atoms with E-state index >= 15 is 0 Å². The highest BCUT2D eigenvalue weighted by Crippen LogP contribution is 2.36. The number of rotatable bonds is 3. The molecule has 0 spiro atoms. The van der Waals surface area contributed by atoms with Crippen LogP contribution in [0.3, 0.4) is 0 Å². The summed E-state index contributed by atoms with van der Waals surface area (Å²) in [6.07, 6.45) is 1.96. The van der Waals surface area contributed by atoms with Gasteiger partial charge in [0.1, 0.15) is 12.4 Å². The molecule has 2 aromatic carbocycles. The van der Waals surface area contributed by atoms with Crippen molar-refractivity contribution < 1.29 is 14.6 Å². The molecule has 0 unspecified atom stereocenters. The van der Waals surface area contributed by atoms with Gasteiger partial charge < -0.3 is 14.7 Å². The molecule has 0 aliphatic carbocycles. The third-order valence-corrected chi connectivity index (χ3v) is 4.01. The van der Waals surface area contributed by atoms with Gasteiger partial charge in [-0.25, -0.2) is 4.79 Å². The summed E-state index contributed by atoms with van der Waals surface area (Å²) in [6.45, 7) is 1.12. The molecule has 2 heterocycles. The van der Waals surface area contributed by atoms with Gasteiger partial charge in [0.25, 0.3) is 0 Å². The molecule has 4 rings (SSSR count). The average molecular weight is 321 g/mol. The number of hydrogen-bond acceptors (Lipinski definition) is 5. The molecular formula is C18H15N3O3. The number of hydrogen-bond donors (Lipinski definition) is 2. The highest BCUT2D eigenvalue weighted by Gasteiger charge is 2.28. The number of nitrogens with one attached hydrogen (secondary N) is 1.